The number of hydrogen-bond donors (Lipinski definition) is 2. The number of aliphatic imine (C=N–C) groups is 1. The molecule has 0 spiro atoms. The molecular weight excluding hydrogens is 320 g/mol. The SMILES string of the molecule is CCN(CC)CCNC1=Nc2cc(Cl)ccc2NC2C=CC=CC12. The van der Waals surface area contributed by atoms with Crippen molar-refractivity contribution in [2.45, 2.75) is 19.9 Å². The lowest BCUT2D eigenvalue weighted by molar-refractivity contribution is 0.308. The first kappa shape index (κ1) is 17.1. The van der Waals surface area contributed by atoms with Crippen molar-refractivity contribution in [2.75, 3.05) is 31.5 Å². The predicted octanol–water partition coefficient (Wildman–Crippen LogP) is 3.84. The topological polar surface area (TPSA) is 39.7 Å². The van der Waals surface area contributed by atoms with Crippen LogP contribution < -0.4 is 10.6 Å². The van der Waals surface area contributed by atoms with Crippen LogP contribution in [0.25, 0.3) is 0 Å². The Kier molecular flexibility index (Phi) is 5.59. The van der Waals surface area contributed by atoms with Crippen LogP contribution in [0.2, 0.25) is 5.02 Å². The summed E-state index contributed by atoms with van der Waals surface area (Å²) in [6.07, 6.45) is 8.57. The molecule has 128 valence electrons. The fraction of sp³-hybridized carbons (Fsp3) is 0.421. The highest BCUT2D eigenvalue weighted by Crippen LogP contribution is 2.34. The Hall–Kier alpha value is -1.78. The van der Waals surface area contributed by atoms with Crippen molar-refractivity contribution in [3.8, 4) is 0 Å². The molecule has 0 amide bonds. The van der Waals surface area contributed by atoms with E-state index in [4.69, 9.17) is 16.6 Å². The van der Waals surface area contributed by atoms with E-state index in [0.29, 0.717) is 5.02 Å². The number of nitrogens with zero attached hydrogens (tertiary/aromatic N) is 2. The molecule has 1 aromatic carbocycles. The number of benzene rings is 1. The summed E-state index contributed by atoms with van der Waals surface area (Å²) >= 11 is 6.16. The van der Waals surface area contributed by atoms with Crippen molar-refractivity contribution in [2.24, 2.45) is 10.9 Å². The summed E-state index contributed by atoms with van der Waals surface area (Å²) in [5.41, 5.74) is 1.92. The van der Waals surface area contributed by atoms with Crippen LogP contribution in [-0.4, -0.2) is 43.0 Å². The molecule has 1 aliphatic heterocycles. The first-order valence-corrected chi connectivity index (χ1v) is 9.05. The molecule has 0 saturated heterocycles. The number of fused-ring (bicyclic) bond motifs is 2. The monoisotopic (exact) mass is 344 g/mol. The maximum absolute atomic E-state index is 6.16. The molecule has 0 bridgehead atoms. The molecule has 2 N–H and O–H groups in total. The molecule has 2 unspecified atom stereocenters. The van der Waals surface area contributed by atoms with Crippen LogP contribution in [0.4, 0.5) is 11.4 Å². The van der Waals surface area contributed by atoms with Crippen LogP contribution in [-0.2, 0) is 0 Å². The second-order valence-corrected chi connectivity index (χ2v) is 6.51. The van der Waals surface area contributed by atoms with Gasteiger partial charge in [-0.15, -0.1) is 0 Å². The van der Waals surface area contributed by atoms with Crippen LogP contribution in [0.15, 0.2) is 47.5 Å². The lowest BCUT2D eigenvalue weighted by Gasteiger charge is -2.26. The highest BCUT2D eigenvalue weighted by atomic mass is 35.5. The molecular formula is C19H25ClN4. The molecule has 0 fully saturated rings. The third-order valence-electron chi connectivity index (χ3n) is 4.60. The van der Waals surface area contributed by atoms with E-state index in [2.05, 4.69) is 53.7 Å². The van der Waals surface area contributed by atoms with E-state index in [1.54, 1.807) is 0 Å². The summed E-state index contributed by atoms with van der Waals surface area (Å²) < 4.78 is 0. The third-order valence-corrected chi connectivity index (χ3v) is 4.84. The first-order chi connectivity index (χ1) is 11.7. The van der Waals surface area contributed by atoms with Crippen molar-refractivity contribution in [3.05, 3.63) is 47.5 Å². The van der Waals surface area contributed by atoms with E-state index in [9.17, 15) is 0 Å². The Labute approximate surface area is 149 Å². The van der Waals surface area contributed by atoms with E-state index in [0.717, 1.165) is 43.4 Å². The van der Waals surface area contributed by atoms with Gasteiger partial charge in [0.25, 0.3) is 0 Å². The Balaban J connectivity index is 1.83. The quantitative estimate of drug-likeness (QED) is 0.852. The van der Waals surface area contributed by atoms with Crippen LogP contribution in [0.3, 0.4) is 0 Å². The average Bonchev–Trinajstić information content (AvgIpc) is 2.75. The molecule has 1 aliphatic carbocycles. The number of nitrogens with one attached hydrogen (secondary N) is 2. The van der Waals surface area contributed by atoms with Crippen LogP contribution in [0.5, 0.6) is 0 Å². The summed E-state index contributed by atoms with van der Waals surface area (Å²) in [4.78, 5) is 7.29. The molecule has 2 atom stereocenters. The van der Waals surface area contributed by atoms with Crippen molar-refractivity contribution < 1.29 is 0 Å². The fourth-order valence-electron chi connectivity index (χ4n) is 3.15. The maximum atomic E-state index is 6.16. The summed E-state index contributed by atoms with van der Waals surface area (Å²) in [6.45, 7) is 8.42. The van der Waals surface area contributed by atoms with Gasteiger partial charge in [0.2, 0.25) is 0 Å². The maximum Gasteiger partial charge on any atom is 0.112 e. The average molecular weight is 345 g/mol. The zero-order valence-corrected chi connectivity index (χ0v) is 15.1. The zero-order valence-electron chi connectivity index (χ0n) is 14.3. The van der Waals surface area contributed by atoms with Gasteiger partial charge < -0.3 is 15.5 Å². The highest BCUT2D eigenvalue weighted by Gasteiger charge is 2.27. The molecule has 3 rings (SSSR count). The molecule has 24 heavy (non-hydrogen) atoms. The van der Waals surface area contributed by atoms with E-state index < -0.39 is 0 Å². The number of halogens is 1. The minimum Gasteiger partial charge on any atom is -0.376 e. The lowest BCUT2D eigenvalue weighted by atomic mass is 9.94. The van der Waals surface area contributed by atoms with Gasteiger partial charge in [-0.25, -0.2) is 4.99 Å². The van der Waals surface area contributed by atoms with Crippen LogP contribution >= 0.6 is 11.6 Å². The summed E-state index contributed by atoms with van der Waals surface area (Å²) in [6, 6.07) is 6.03. The van der Waals surface area contributed by atoms with E-state index >= 15 is 0 Å². The van der Waals surface area contributed by atoms with Gasteiger partial charge in [0, 0.05) is 18.1 Å². The van der Waals surface area contributed by atoms with Crippen molar-refractivity contribution in [1.29, 1.82) is 0 Å². The van der Waals surface area contributed by atoms with Gasteiger partial charge in [-0.1, -0.05) is 49.8 Å². The zero-order chi connectivity index (χ0) is 16.9. The van der Waals surface area contributed by atoms with Crippen molar-refractivity contribution in [1.82, 2.24) is 10.2 Å². The van der Waals surface area contributed by atoms with Gasteiger partial charge in [0.05, 0.1) is 23.3 Å². The molecule has 0 aromatic heterocycles. The number of hydrogen-bond acceptors (Lipinski definition) is 4. The van der Waals surface area contributed by atoms with Crippen LogP contribution in [0, 0.1) is 5.92 Å². The third kappa shape index (κ3) is 3.82. The second-order valence-electron chi connectivity index (χ2n) is 6.08. The van der Waals surface area contributed by atoms with Gasteiger partial charge in [-0.05, 0) is 31.3 Å². The minimum atomic E-state index is 0.206. The van der Waals surface area contributed by atoms with Gasteiger partial charge in [0.1, 0.15) is 5.84 Å². The van der Waals surface area contributed by atoms with Gasteiger partial charge in [-0.2, -0.15) is 0 Å². The first-order valence-electron chi connectivity index (χ1n) is 8.67. The largest absolute Gasteiger partial charge is 0.376 e. The second kappa shape index (κ2) is 7.86. The van der Waals surface area contributed by atoms with Gasteiger partial charge in [-0.3, -0.25) is 0 Å². The molecule has 1 aromatic rings. The Bertz CT molecular complexity index is 661. The normalized spacial score (nSPS) is 21.6. The Morgan fingerprint density at radius 3 is 2.79 bits per heavy atom. The standard InChI is InChI=1S/C19H25ClN4/c1-3-24(4-2)12-11-21-19-15-7-5-6-8-16(15)22-17-10-9-14(20)13-18(17)23-19/h5-10,13,15-16,22H,3-4,11-12H2,1-2H3,(H,21,23). The van der Waals surface area contributed by atoms with Crippen molar-refractivity contribution >= 4 is 28.8 Å². The number of rotatable bonds is 5. The number of allylic oxidation sites excluding steroid dienone is 2. The fourth-order valence-corrected chi connectivity index (χ4v) is 3.32. The van der Waals surface area contributed by atoms with E-state index in [-0.39, 0.29) is 12.0 Å². The Morgan fingerprint density at radius 1 is 1.21 bits per heavy atom. The predicted molar refractivity (Wildman–Crippen MR) is 104 cm³/mol. The number of amidine groups is 1. The molecule has 0 saturated carbocycles. The molecule has 2 aliphatic rings. The smallest absolute Gasteiger partial charge is 0.112 e. The van der Waals surface area contributed by atoms with Crippen molar-refractivity contribution in [3.63, 3.8) is 0 Å². The van der Waals surface area contributed by atoms with Gasteiger partial charge in [0.15, 0.2) is 0 Å². The van der Waals surface area contributed by atoms with Crippen LogP contribution in [0.1, 0.15) is 13.8 Å². The molecule has 0 radical (unpaired) electrons. The molecule has 5 heteroatoms. The summed E-state index contributed by atoms with van der Waals surface area (Å²) in [7, 11) is 0. The summed E-state index contributed by atoms with van der Waals surface area (Å²) in [5, 5.41) is 7.85. The summed E-state index contributed by atoms with van der Waals surface area (Å²) in [5.74, 6) is 1.21. The number of anilines is 1. The highest BCUT2D eigenvalue weighted by molar-refractivity contribution is 6.31. The lowest BCUT2D eigenvalue weighted by Crippen LogP contribution is -2.42. The molecule has 1 heterocycles. The number of likely N-dealkylation sites (N-methyl/N-ethyl adjacent to an activating group) is 1. The van der Waals surface area contributed by atoms with E-state index in [1.807, 2.05) is 18.2 Å². The van der Waals surface area contributed by atoms with Gasteiger partial charge >= 0.3 is 0 Å². The Morgan fingerprint density at radius 2 is 2.00 bits per heavy atom. The van der Waals surface area contributed by atoms with E-state index in [1.165, 1.54) is 0 Å². The minimum absolute atomic E-state index is 0.206. The molecule has 4 nitrogen and oxygen atoms in total.